The molecule has 1 aromatic heterocycles. The zero-order valence-corrected chi connectivity index (χ0v) is 14.2. The lowest BCUT2D eigenvalue weighted by atomic mass is 10.0. The molecule has 0 aliphatic carbocycles. The van der Waals surface area contributed by atoms with Gasteiger partial charge in [0.15, 0.2) is 0 Å². The fourth-order valence-electron chi connectivity index (χ4n) is 2.68. The van der Waals surface area contributed by atoms with Crippen LogP contribution in [0.5, 0.6) is 5.75 Å². The molecule has 0 bridgehead atoms. The minimum absolute atomic E-state index is 0.243. The zero-order chi connectivity index (χ0) is 17.0. The third-order valence-electron chi connectivity index (χ3n) is 3.89. The molecule has 0 aliphatic heterocycles. The van der Waals surface area contributed by atoms with E-state index in [2.05, 4.69) is 4.99 Å². The van der Waals surface area contributed by atoms with E-state index in [9.17, 15) is 4.79 Å². The number of rotatable bonds is 5. The monoisotopic (exact) mass is 314 g/mol. The molecule has 0 unspecified atom stereocenters. The number of aliphatic imine (C=N–C) groups is 1. The maximum Gasteiger partial charge on any atom is 0.311 e. The molecular weight excluding hydrogens is 292 g/mol. The van der Waals surface area contributed by atoms with Gasteiger partial charge in [-0.15, -0.1) is 0 Å². The summed E-state index contributed by atoms with van der Waals surface area (Å²) in [6.45, 7) is 2.02. The van der Waals surface area contributed by atoms with Crippen molar-refractivity contribution in [2.75, 3.05) is 21.3 Å². The molecule has 23 heavy (non-hydrogen) atoms. The fourth-order valence-corrected chi connectivity index (χ4v) is 2.68. The maximum absolute atomic E-state index is 11.6. The average Bonchev–Trinajstić information content (AvgIpc) is 2.83. The molecule has 0 amide bonds. The first kappa shape index (κ1) is 16.8. The van der Waals surface area contributed by atoms with Crippen molar-refractivity contribution < 1.29 is 14.3 Å². The summed E-state index contributed by atoms with van der Waals surface area (Å²) in [5.74, 6) is 0.552. The van der Waals surface area contributed by atoms with Gasteiger partial charge in [0, 0.05) is 25.4 Å². The minimum atomic E-state index is -0.253. The van der Waals surface area contributed by atoms with Gasteiger partial charge in [0.1, 0.15) is 5.75 Å². The number of benzene rings is 1. The van der Waals surface area contributed by atoms with E-state index in [4.69, 9.17) is 9.47 Å². The number of hydrogen-bond donors (Lipinski definition) is 0. The van der Waals surface area contributed by atoms with Crippen LogP contribution in [0.4, 0.5) is 0 Å². The SMILES string of the molecule is CN=C(c1ccc(OC)cc1)c1c(C)cc(CC(=O)OC)n1C. The number of aromatic nitrogens is 1. The topological polar surface area (TPSA) is 52.8 Å². The van der Waals surface area contributed by atoms with E-state index < -0.39 is 0 Å². The Morgan fingerprint density at radius 3 is 2.39 bits per heavy atom. The molecule has 0 N–H and O–H groups in total. The standard InChI is InChI=1S/C18H22N2O3/c1-12-10-14(11-16(21)23-5)20(3)18(12)17(19-2)13-6-8-15(22-4)9-7-13/h6-10H,11H2,1-5H3. The van der Waals surface area contributed by atoms with Gasteiger partial charge in [0.25, 0.3) is 0 Å². The number of ether oxygens (including phenoxy) is 2. The molecule has 1 aromatic carbocycles. The normalized spacial score (nSPS) is 11.4. The van der Waals surface area contributed by atoms with Gasteiger partial charge >= 0.3 is 5.97 Å². The number of carbonyl (C=O) groups excluding carboxylic acids is 1. The molecule has 0 radical (unpaired) electrons. The summed E-state index contributed by atoms with van der Waals surface area (Å²) in [5.41, 5.74) is 4.85. The lowest BCUT2D eigenvalue weighted by molar-refractivity contribution is -0.139. The van der Waals surface area contributed by atoms with Gasteiger partial charge in [-0.05, 0) is 42.8 Å². The Kier molecular flexibility index (Phi) is 5.21. The summed E-state index contributed by atoms with van der Waals surface area (Å²) >= 11 is 0. The second-order valence-electron chi connectivity index (χ2n) is 5.28. The molecule has 0 atom stereocenters. The van der Waals surface area contributed by atoms with Gasteiger partial charge in [-0.3, -0.25) is 9.79 Å². The first-order chi connectivity index (χ1) is 11.0. The third kappa shape index (κ3) is 3.44. The van der Waals surface area contributed by atoms with Crippen LogP contribution in [0, 0.1) is 6.92 Å². The van der Waals surface area contributed by atoms with Crippen LogP contribution in [0.1, 0.15) is 22.5 Å². The van der Waals surface area contributed by atoms with E-state index >= 15 is 0 Å². The van der Waals surface area contributed by atoms with Crippen LogP contribution in [0.15, 0.2) is 35.3 Å². The highest BCUT2D eigenvalue weighted by Crippen LogP contribution is 2.21. The number of esters is 1. The second-order valence-corrected chi connectivity index (χ2v) is 5.28. The molecule has 1 heterocycles. The largest absolute Gasteiger partial charge is 0.497 e. The molecule has 0 spiro atoms. The van der Waals surface area contributed by atoms with Gasteiger partial charge in [0.05, 0.1) is 32.0 Å². The second kappa shape index (κ2) is 7.13. The smallest absolute Gasteiger partial charge is 0.311 e. The van der Waals surface area contributed by atoms with Crippen molar-refractivity contribution in [3.05, 3.63) is 52.8 Å². The van der Waals surface area contributed by atoms with E-state index in [0.29, 0.717) is 0 Å². The van der Waals surface area contributed by atoms with Crippen molar-refractivity contribution in [2.45, 2.75) is 13.3 Å². The Labute approximate surface area is 136 Å². The molecule has 0 aliphatic rings. The Bertz CT molecular complexity index is 727. The van der Waals surface area contributed by atoms with E-state index in [-0.39, 0.29) is 12.4 Å². The summed E-state index contributed by atoms with van der Waals surface area (Å²) in [4.78, 5) is 16.0. The van der Waals surface area contributed by atoms with Crippen LogP contribution in [-0.2, 0) is 23.0 Å². The van der Waals surface area contributed by atoms with Gasteiger partial charge in [-0.2, -0.15) is 0 Å². The number of nitrogens with zero attached hydrogens (tertiary/aromatic N) is 2. The summed E-state index contributed by atoms with van der Waals surface area (Å²) in [7, 11) is 6.75. The summed E-state index contributed by atoms with van der Waals surface area (Å²) in [5, 5.41) is 0. The molecule has 122 valence electrons. The van der Waals surface area contributed by atoms with E-state index in [1.165, 1.54) is 7.11 Å². The highest BCUT2D eigenvalue weighted by molar-refractivity contribution is 6.13. The van der Waals surface area contributed by atoms with Crippen molar-refractivity contribution in [3.63, 3.8) is 0 Å². The predicted molar refractivity (Wildman–Crippen MR) is 90.4 cm³/mol. The summed E-state index contributed by atoms with van der Waals surface area (Å²) in [6.07, 6.45) is 0.243. The Morgan fingerprint density at radius 2 is 1.87 bits per heavy atom. The highest BCUT2D eigenvalue weighted by Gasteiger charge is 2.18. The highest BCUT2D eigenvalue weighted by atomic mass is 16.5. The predicted octanol–water partition coefficient (Wildman–Crippen LogP) is 2.52. The van der Waals surface area contributed by atoms with Gasteiger partial charge in [0.2, 0.25) is 0 Å². The molecule has 0 fully saturated rings. The van der Waals surface area contributed by atoms with Crippen molar-refractivity contribution in [1.82, 2.24) is 4.57 Å². The molecule has 5 heteroatoms. The number of aryl methyl sites for hydroxylation is 1. The molecular formula is C18H22N2O3. The molecule has 0 saturated heterocycles. The van der Waals surface area contributed by atoms with Crippen molar-refractivity contribution in [2.24, 2.45) is 12.0 Å². The van der Waals surface area contributed by atoms with Crippen LogP contribution in [-0.4, -0.2) is 37.5 Å². The lowest BCUT2D eigenvalue weighted by Crippen LogP contribution is -2.14. The van der Waals surface area contributed by atoms with Gasteiger partial charge in [-0.25, -0.2) is 0 Å². The summed E-state index contributed by atoms with van der Waals surface area (Å²) < 4.78 is 12.0. The number of carbonyl (C=O) groups is 1. The van der Waals surface area contributed by atoms with Crippen LogP contribution in [0.3, 0.4) is 0 Å². The van der Waals surface area contributed by atoms with E-state index in [1.54, 1.807) is 14.2 Å². The summed E-state index contributed by atoms with van der Waals surface area (Å²) in [6, 6.07) is 9.78. The van der Waals surface area contributed by atoms with E-state index in [0.717, 1.165) is 34.0 Å². The Hall–Kier alpha value is -2.56. The van der Waals surface area contributed by atoms with Crippen molar-refractivity contribution in [1.29, 1.82) is 0 Å². The number of methoxy groups -OCH3 is 2. The van der Waals surface area contributed by atoms with Crippen LogP contribution >= 0.6 is 0 Å². The number of hydrogen-bond acceptors (Lipinski definition) is 4. The fraction of sp³-hybridized carbons (Fsp3) is 0.333. The lowest BCUT2D eigenvalue weighted by Gasteiger charge is -2.12. The molecule has 2 aromatic rings. The van der Waals surface area contributed by atoms with Gasteiger partial charge < -0.3 is 14.0 Å². The van der Waals surface area contributed by atoms with Gasteiger partial charge in [-0.1, -0.05) is 0 Å². The third-order valence-corrected chi connectivity index (χ3v) is 3.89. The van der Waals surface area contributed by atoms with Crippen molar-refractivity contribution in [3.8, 4) is 5.75 Å². The average molecular weight is 314 g/mol. The molecule has 0 saturated carbocycles. The molecule has 5 nitrogen and oxygen atoms in total. The maximum atomic E-state index is 11.6. The minimum Gasteiger partial charge on any atom is -0.497 e. The first-order valence-electron chi connectivity index (χ1n) is 7.35. The first-order valence-corrected chi connectivity index (χ1v) is 7.35. The van der Waals surface area contributed by atoms with Crippen LogP contribution in [0.2, 0.25) is 0 Å². The zero-order valence-electron chi connectivity index (χ0n) is 14.2. The Morgan fingerprint density at radius 1 is 1.22 bits per heavy atom. The van der Waals surface area contributed by atoms with Crippen LogP contribution < -0.4 is 4.74 Å². The van der Waals surface area contributed by atoms with Crippen LogP contribution in [0.25, 0.3) is 0 Å². The molecule has 2 rings (SSSR count). The Balaban J connectivity index is 2.43. The van der Waals surface area contributed by atoms with Crippen molar-refractivity contribution >= 4 is 11.7 Å². The quantitative estimate of drug-likeness (QED) is 0.629. The van der Waals surface area contributed by atoms with E-state index in [1.807, 2.05) is 48.9 Å².